The molecule has 19 heavy (non-hydrogen) atoms. The third kappa shape index (κ3) is 4.02. The molecule has 2 nitrogen and oxygen atoms in total. The highest BCUT2D eigenvalue weighted by Crippen LogP contribution is 2.25. The van der Waals surface area contributed by atoms with Gasteiger partial charge in [-0.1, -0.05) is 42.0 Å². The van der Waals surface area contributed by atoms with Crippen molar-refractivity contribution in [2.45, 2.75) is 33.4 Å². The fourth-order valence-corrected chi connectivity index (χ4v) is 1.87. The summed E-state index contributed by atoms with van der Waals surface area (Å²) in [7, 11) is 0. The van der Waals surface area contributed by atoms with Gasteiger partial charge in [0.05, 0.1) is 5.69 Å². The van der Waals surface area contributed by atoms with Crippen molar-refractivity contribution >= 4 is 5.69 Å². The summed E-state index contributed by atoms with van der Waals surface area (Å²) in [6, 6.07) is 16.9. The minimum atomic E-state index is 0.393. The van der Waals surface area contributed by atoms with Gasteiger partial charge < -0.3 is 10.1 Å². The molecule has 2 aromatic carbocycles. The second-order valence-corrected chi connectivity index (χ2v) is 5.07. The number of hydrogen-bond acceptors (Lipinski definition) is 2. The quantitative estimate of drug-likeness (QED) is 0.855. The summed E-state index contributed by atoms with van der Waals surface area (Å²) in [6.07, 6.45) is 0. The van der Waals surface area contributed by atoms with Crippen molar-refractivity contribution in [3.8, 4) is 5.75 Å². The Hall–Kier alpha value is -1.96. The van der Waals surface area contributed by atoms with Crippen LogP contribution in [-0.2, 0) is 6.61 Å². The van der Waals surface area contributed by atoms with Crippen LogP contribution >= 0.6 is 0 Å². The molecular formula is C17H21NO. The molecule has 0 radical (unpaired) electrons. The zero-order chi connectivity index (χ0) is 13.7. The first-order valence-corrected chi connectivity index (χ1v) is 6.69. The van der Waals surface area contributed by atoms with Crippen molar-refractivity contribution in [1.82, 2.24) is 0 Å². The average Bonchev–Trinajstić information content (AvgIpc) is 2.39. The molecule has 0 saturated carbocycles. The zero-order valence-corrected chi connectivity index (χ0v) is 11.8. The summed E-state index contributed by atoms with van der Waals surface area (Å²) in [6.45, 7) is 6.93. The van der Waals surface area contributed by atoms with E-state index in [1.165, 1.54) is 11.1 Å². The first-order valence-electron chi connectivity index (χ1n) is 6.69. The van der Waals surface area contributed by atoms with E-state index in [4.69, 9.17) is 4.74 Å². The Kier molecular flexibility index (Phi) is 4.45. The minimum absolute atomic E-state index is 0.393. The molecule has 1 N–H and O–H groups in total. The summed E-state index contributed by atoms with van der Waals surface area (Å²) in [5, 5.41) is 3.39. The van der Waals surface area contributed by atoms with Gasteiger partial charge in [-0.05, 0) is 38.5 Å². The number of nitrogens with one attached hydrogen (secondary N) is 1. The lowest BCUT2D eigenvalue weighted by Gasteiger charge is -2.15. The molecule has 0 amide bonds. The van der Waals surface area contributed by atoms with Crippen LogP contribution in [0.25, 0.3) is 0 Å². The van der Waals surface area contributed by atoms with Crippen molar-refractivity contribution in [3.63, 3.8) is 0 Å². The lowest BCUT2D eigenvalue weighted by Crippen LogP contribution is -2.11. The number of aryl methyl sites for hydroxylation is 1. The van der Waals surface area contributed by atoms with Gasteiger partial charge in [0, 0.05) is 6.04 Å². The van der Waals surface area contributed by atoms with Crippen LogP contribution in [0.15, 0.2) is 48.5 Å². The van der Waals surface area contributed by atoms with Crippen LogP contribution in [0.3, 0.4) is 0 Å². The number of rotatable bonds is 5. The number of ether oxygens (including phenoxy) is 1. The van der Waals surface area contributed by atoms with Crippen LogP contribution in [0.1, 0.15) is 25.0 Å². The Morgan fingerprint density at radius 1 is 1.00 bits per heavy atom. The summed E-state index contributed by atoms with van der Waals surface area (Å²) in [4.78, 5) is 0. The molecule has 2 rings (SSSR count). The fourth-order valence-electron chi connectivity index (χ4n) is 1.87. The zero-order valence-electron chi connectivity index (χ0n) is 11.8. The van der Waals surface area contributed by atoms with Gasteiger partial charge >= 0.3 is 0 Å². The summed E-state index contributed by atoms with van der Waals surface area (Å²) in [5.41, 5.74) is 3.50. The molecule has 2 heteroatoms. The number of para-hydroxylation sites is 2. The van der Waals surface area contributed by atoms with E-state index in [-0.39, 0.29) is 0 Å². The van der Waals surface area contributed by atoms with Gasteiger partial charge in [-0.3, -0.25) is 0 Å². The smallest absolute Gasteiger partial charge is 0.142 e. The van der Waals surface area contributed by atoms with Gasteiger partial charge in [0.2, 0.25) is 0 Å². The summed E-state index contributed by atoms with van der Waals surface area (Å²) in [5.74, 6) is 0.900. The molecule has 0 spiro atoms. The van der Waals surface area contributed by atoms with Gasteiger partial charge in [0.25, 0.3) is 0 Å². The highest BCUT2D eigenvalue weighted by Gasteiger charge is 2.04. The third-order valence-electron chi connectivity index (χ3n) is 2.85. The van der Waals surface area contributed by atoms with Crippen LogP contribution in [0.2, 0.25) is 0 Å². The Balaban J connectivity index is 2.04. The fraction of sp³-hybridized carbons (Fsp3) is 0.294. The largest absolute Gasteiger partial charge is 0.487 e. The maximum absolute atomic E-state index is 5.90. The van der Waals surface area contributed by atoms with Crippen molar-refractivity contribution in [3.05, 3.63) is 59.7 Å². The normalized spacial score (nSPS) is 10.5. The molecule has 0 fully saturated rings. The van der Waals surface area contributed by atoms with Crippen molar-refractivity contribution < 1.29 is 4.74 Å². The molecule has 0 atom stereocenters. The number of anilines is 1. The lowest BCUT2D eigenvalue weighted by molar-refractivity contribution is 0.307. The maximum Gasteiger partial charge on any atom is 0.142 e. The van der Waals surface area contributed by atoms with Gasteiger partial charge in [-0.15, -0.1) is 0 Å². The molecule has 0 aliphatic rings. The summed E-state index contributed by atoms with van der Waals surface area (Å²) < 4.78 is 5.90. The van der Waals surface area contributed by atoms with Gasteiger partial charge in [-0.25, -0.2) is 0 Å². The Morgan fingerprint density at radius 3 is 2.37 bits per heavy atom. The standard InChI is InChI=1S/C17H21NO/c1-13(2)18-16-6-4-5-7-17(16)19-12-15-10-8-14(3)9-11-15/h4-11,13,18H,12H2,1-3H3. The molecule has 2 aromatic rings. The van der Waals surface area contributed by atoms with Crippen molar-refractivity contribution in [2.75, 3.05) is 5.32 Å². The van der Waals surface area contributed by atoms with E-state index >= 15 is 0 Å². The molecule has 0 aliphatic carbocycles. The molecular weight excluding hydrogens is 234 g/mol. The van der Waals surface area contributed by atoms with Crippen molar-refractivity contribution in [2.24, 2.45) is 0 Å². The molecule has 0 aromatic heterocycles. The first-order chi connectivity index (χ1) is 9.15. The summed E-state index contributed by atoms with van der Waals surface area (Å²) >= 11 is 0. The van der Waals surface area contributed by atoms with E-state index in [9.17, 15) is 0 Å². The van der Waals surface area contributed by atoms with E-state index < -0.39 is 0 Å². The SMILES string of the molecule is Cc1ccc(COc2ccccc2NC(C)C)cc1. The lowest BCUT2D eigenvalue weighted by atomic mass is 10.2. The molecule has 100 valence electrons. The van der Waals surface area contributed by atoms with Gasteiger partial charge in [0.15, 0.2) is 0 Å². The van der Waals surface area contributed by atoms with E-state index in [1.54, 1.807) is 0 Å². The van der Waals surface area contributed by atoms with Crippen LogP contribution in [0, 0.1) is 6.92 Å². The Morgan fingerprint density at radius 2 is 1.68 bits per heavy atom. The van der Waals surface area contributed by atoms with Gasteiger partial charge in [0.1, 0.15) is 12.4 Å². The molecule has 0 aliphatic heterocycles. The number of hydrogen-bond donors (Lipinski definition) is 1. The first kappa shape index (κ1) is 13.5. The van der Waals surface area contributed by atoms with E-state index in [2.05, 4.69) is 50.4 Å². The molecule has 0 saturated heterocycles. The van der Waals surface area contributed by atoms with E-state index in [1.807, 2.05) is 24.3 Å². The van der Waals surface area contributed by atoms with Crippen LogP contribution in [0.4, 0.5) is 5.69 Å². The van der Waals surface area contributed by atoms with Gasteiger partial charge in [-0.2, -0.15) is 0 Å². The maximum atomic E-state index is 5.90. The predicted molar refractivity (Wildman–Crippen MR) is 80.7 cm³/mol. The van der Waals surface area contributed by atoms with Crippen LogP contribution in [0.5, 0.6) is 5.75 Å². The molecule has 0 unspecified atom stereocenters. The van der Waals surface area contributed by atoms with Crippen molar-refractivity contribution in [1.29, 1.82) is 0 Å². The second-order valence-electron chi connectivity index (χ2n) is 5.07. The monoisotopic (exact) mass is 255 g/mol. The van der Waals surface area contributed by atoms with Crippen LogP contribution in [-0.4, -0.2) is 6.04 Å². The highest BCUT2D eigenvalue weighted by atomic mass is 16.5. The Labute approximate surface area is 115 Å². The van der Waals surface area contributed by atoms with E-state index in [0.29, 0.717) is 12.6 Å². The van der Waals surface area contributed by atoms with E-state index in [0.717, 1.165) is 11.4 Å². The number of benzene rings is 2. The second kappa shape index (κ2) is 6.28. The molecule has 0 heterocycles. The van der Waals surface area contributed by atoms with Crippen LogP contribution < -0.4 is 10.1 Å². The topological polar surface area (TPSA) is 21.3 Å². The third-order valence-corrected chi connectivity index (χ3v) is 2.85. The minimum Gasteiger partial charge on any atom is -0.487 e. The Bertz CT molecular complexity index is 517. The predicted octanol–water partition coefficient (Wildman–Crippen LogP) is 4.39. The highest BCUT2D eigenvalue weighted by molar-refractivity contribution is 5.56. The average molecular weight is 255 g/mol. The molecule has 0 bridgehead atoms.